The van der Waals surface area contributed by atoms with E-state index in [1.807, 2.05) is 13.2 Å². The molecule has 4 nitrogen and oxygen atoms in total. The van der Waals surface area contributed by atoms with Crippen molar-refractivity contribution in [3.63, 3.8) is 0 Å². The van der Waals surface area contributed by atoms with E-state index in [0.717, 1.165) is 24.6 Å². The fraction of sp³-hybridized carbons (Fsp3) is 0.700. The Balaban J connectivity index is 2.83. The Kier molecular flexibility index (Phi) is 3.38. The van der Waals surface area contributed by atoms with Crippen LogP contribution in [0.2, 0.25) is 0 Å². The number of anilines is 2. The summed E-state index contributed by atoms with van der Waals surface area (Å²) in [6, 6.07) is 0. The van der Waals surface area contributed by atoms with Gasteiger partial charge in [0.1, 0.15) is 0 Å². The quantitative estimate of drug-likeness (QED) is 0.793. The van der Waals surface area contributed by atoms with Gasteiger partial charge < -0.3 is 10.6 Å². The van der Waals surface area contributed by atoms with Gasteiger partial charge in [-0.2, -0.15) is 5.10 Å². The highest BCUT2D eigenvalue weighted by Gasteiger charge is 2.12. The molecule has 0 aliphatic carbocycles. The van der Waals surface area contributed by atoms with Crippen molar-refractivity contribution in [1.29, 1.82) is 0 Å². The minimum atomic E-state index is 0.622. The lowest BCUT2D eigenvalue weighted by atomic mass is 10.2. The van der Waals surface area contributed by atoms with Crippen LogP contribution in [0.15, 0.2) is 6.20 Å². The van der Waals surface area contributed by atoms with Crippen LogP contribution in [-0.4, -0.2) is 22.9 Å². The molecule has 0 aliphatic heterocycles. The third-order valence-electron chi connectivity index (χ3n) is 2.10. The van der Waals surface area contributed by atoms with Crippen molar-refractivity contribution in [2.45, 2.75) is 20.8 Å². The van der Waals surface area contributed by atoms with Gasteiger partial charge in [0.2, 0.25) is 0 Å². The number of rotatable bonds is 4. The molecule has 0 fully saturated rings. The zero-order valence-corrected chi connectivity index (χ0v) is 9.49. The first-order valence-corrected chi connectivity index (χ1v) is 5.08. The monoisotopic (exact) mass is 196 g/mol. The van der Waals surface area contributed by atoms with Gasteiger partial charge in [0, 0.05) is 26.3 Å². The van der Waals surface area contributed by atoms with Crippen LogP contribution < -0.4 is 10.6 Å². The summed E-state index contributed by atoms with van der Waals surface area (Å²) in [5, 5.41) is 4.35. The maximum Gasteiger partial charge on any atom is 0.173 e. The smallest absolute Gasteiger partial charge is 0.173 e. The third kappa shape index (κ3) is 2.40. The van der Waals surface area contributed by atoms with Crippen LogP contribution in [-0.2, 0) is 7.05 Å². The Morgan fingerprint density at radius 1 is 1.57 bits per heavy atom. The van der Waals surface area contributed by atoms with E-state index in [4.69, 9.17) is 5.73 Å². The van der Waals surface area contributed by atoms with Crippen LogP contribution in [0.3, 0.4) is 0 Å². The molecule has 0 saturated heterocycles. The van der Waals surface area contributed by atoms with Gasteiger partial charge in [-0.1, -0.05) is 13.8 Å². The van der Waals surface area contributed by atoms with E-state index in [-0.39, 0.29) is 0 Å². The molecular formula is C10H20N4. The Morgan fingerprint density at radius 2 is 2.21 bits per heavy atom. The second-order valence-electron chi connectivity index (χ2n) is 4.01. The fourth-order valence-electron chi connectivity index (χ4n) is 1.55. The first-order chi connectivity index (χ1) is 6.54. The first kappa shape index (κ1) is 10.9. The molecule has 0 amide bonds. The lowest BCUT2D eigenvalue weighted by molar-refractivity contribution is 0.610. The lowest BCUT2D eigenvalue weighted by Crippen LogP contribution is -2.28. The summed E-state index contributed by atoms with van der Waals surface area (Å²) in [4.78, 5) is 2.21. The number of hydrogen-bond donors (Lipinski definition) is 1. The molecule has 0 bridgehead atoms. The minimum Gasteiger partial charge on any atom is -0.394 e. The number of nitrogens with zero attached hydrogens (tertiary/aromatic N) is 3. The molecule has 1 heterocycles. The van der Waals surface area contributed by atoms with Crippen molar-refractivity contribution in [2.75, 3.05) is 23.7 Å². The minimum absolute atomic E-state index is 0.622. The molecule has 0 radical (unpaired) electrons. The average molecular weight is 196 g/mol. The zero-order valence-electron chi connectivity index (χ0n) is 9.49. The molecule has 1 aromatic rings. The molecule has 0 aliphatic rings. The molecule has 80 valence electrons. The summed E-state index contributed by atoms with van der Waals surface area (Å²) in [5.74, 6) is 1.53. The number of nitrogens with two attached hydrogens (primary N) is 1. The highest BCUT2D eigenvalue weighted by Crippen LogP contribution is 2.20. The van der Waals surface area contributed by atoms with Crippen LogP contribution in [0, 0.1) is 5.92 Å². The van der Waals surface area contributed by atoms with Crippen molar-refractivity contribution >= 4 is 11.5 Å². The average Bonchev–Trinajstić information content (AvgIpc) is 2.41. The van der Waals surface area contributed by atoms with E-state index < -0.39 is 0 Å². The second kappa shape index (κ2) is 4.35. The first-order valence-electron chi connectivity index (χ1n) is 5.08. The van der Waals surface area contributed by atoms with Gasteiger partial charge in [0.25, 0.3) is 0 Å². The van der Waals surface area contributed by atoms with Crippen LogP contribution in [0.25, 0.3) is 0 Å². The Hall–Kier alpha value is -1.19. The summed E-state index contributed by atoms with van der Waals surface area (Å²) >= 11 is 0. The Labute approximate surface area is 85.7 Å². The van der Waals surface area contributed by atoms with Gasteiger partial charge in [0.15, 0.2) is 5.82 Å². The highest BCUT2D eigenvalue weighted by molar-refractivity contribution is 5.61. The maximum atomic E-state index is 5.87. The molecular weight excluding hydrogens is 176 g/mol. The van der Waals surface area contributed by atoms with E-state index in [1.165, 1.54) is 0 Å². The van der Waals surface area contributed by atoms with Crippen molar-refractivity contribution in [3.8, 4) is 0 Å². The Morgan fingerprint density at radius 3 is 2.57 bits per heavy atom. The van der Waals surface area contributed by atoms with Crippen LogP contribution >= 0.6 is 0 Å². The summed E-state index contributed by atoms with van der Waals surface area (Å²) in [6.45, 7) is 8.46. The topological polar surface area (TPSA) is 47.1 Å². The summed E-state index contributed by atoms with van der Waals surface area (Å²) in [7, 11) is 1.89. The van der Waals surface area contributed by atoms with Gasteiger partial charge in [-0.3, -0.25) is 4.68 Å². The summed E-state index contributed by atoms with van der Waals surface area (Å²) in [6.07, 6.45) is 1.85. The highest BCUT2D eigenvalue weighted by atomic mass is 15.3. The standard InChI is InChI=1S/C10H20N4/c1-5-14(6-8(2)3)10-9(11)7-13(4)12-10/h7-8H,5-6,11H2,1-4H3. The lowest BCUT2D eigenvalue weighted by Gasteiger charge is -2.22. The van der Waals surface area contributed by atoms with Gasteiger partial charge in [-0.15, -0.1) is 0 Å². The van der Waals surface area contributed by atoms with Gasteiger partial charge in [-0.25, -0.2) is 0 Å². The largest absolute Gasteiger partial charge is 0.394 e. The zero-order chi connectivity index (χ0) is 10.7. The van der Waals surface area contributed by atoms with Crippen LogP contribution in [0.5, 0.6) is 0 Å². The second-order valence-corrected chi connectivity index (χ2v) is 4.01. The molecule has 0 spiro atoms. The predicted molar refractivity (Wildman–Crippen MR) is 60.3 cm³/mol. The molecule has 0 atom stereocenters. The van der Waals surface area contributed by atoms with Gasteiger partial charge in [-0.05, 0) is 12.8 Å². The van der Waals surface area contributed by atoms with E-state index >= 15 is 0 Å². The van der Waals surface area contributed by atoms with Crippen molar-refractivity contribution in [1.82, 2.24) is 9.78 Å². The van der Waals surface area contributed by atoms with Crippen molar-refractivity contribution in [2.24, 2.45) is 13.0 Å². The molecule has 1 rings (SSSR count). The number of aryl methyl sites for hydroxylation is 1. The molecule has 2 N–H and O–H groups in total. The molecule has 14 heavy (non-hydrogen) atoms. The van der Waals surface area contributed by atoms with Crippen molar-refractivity contribution < 1.29 is 0 Å². The van der Waals surface area contributed by atoms with E-state index in [0.29, 0.717) is 5.92 Å². The number of aromatic nitrogens is 2. The summed E-state index contributed by atoms with van der Waals surface area (Å²) < 4.78 is 1.76. The van der Waals surface area contributed by atoms with Gasteiger partial charge >= 0.3 is 0 Å². The Bertz CT molecular complexity index is 290. The normalized spacial score (nSPS) is 10.9. The van der Waals surface area contributed by atoms with E-state index in [9.17, 15) is 0 Å². The molecule has 0 unspecified atom stereocenters. The fourth-order valence-corrected chi connectivity index (χ4v) is 1.55. The van der Waals surface area contributed by atoms with E-state index in [2.05, 4.69) is 30.8 Å². The predicted octanol–water partition coefficient (Wildman–Crippen LogP) is 1.48. The maximum absolute atomic E-state index is 5.87. The molecule has 4 heteroatoms. The van der Waals surface area contributed by atoms with Crippen molar-refractivity contribution in [3.05, 3.63) is 6.20 Å². The SMILES string of the molecule is CCN(CC(C)C)c1nn(C)cc1N. The van der Waals surface area contributed by atoms with Crippen LogP contribution in [0.1, 0.15) is 20.8 Å². The molecule has 0 aromatic carbocycles. The third-order valence-corrected chi connectivity index (χ3v) is 2.10. The van der Waals surface area contributed by atoms with Crippen LogP contribution in [0.4, 0.5) is 11.5 Å². The molecule has 1 aromatic heterocycles. The molecule has 0 saturated carbocycles. The number of hydrogen-bond acceptors (Lipinski definition) is 3. The van der Waals surface area contributed by atoms with Gasteiger partial charge in [0.05, 0.1) is 5.69 Å². The van der Waals surface area contributed by atoms with E-state index in [1.54, 1.807) is 4.68 Å². The number of nitrogen functional groups attached to an aromatic ring is 1. The summed E-state index contributed by atoms with van der Waals surface area (Å²) in [5.41, 5.74) is 6.63.